The van der Waals surface area contributed by atoms with E-state index in [0.717, 1.165) is 40.8 Å². The summed E-state index contributed by atoms with van der Waals surface area (Å²) in [5.74, 6) is 1.76. The first-order chi connectivity index (χ1) is 14.6. The van der Waals surface area contributed by atoms with E-state index in [1.165, 1.54) is 25.2 Å². The fourth-order valence-corrected chi connectivity index (χ4v) is 4.93. The van der Waals surface area contributed by atoms with Gasteiger partial charge in [-0.25, -0.2) is 4.79 Å². The zero-order valence-electron chi connectivity index (χ0n) is 16.7. The van der Waals surface area contributed by atoms with Crippen LogP contribution < -0.4 is 5.32 Å². The van der Waals surface area contributed by atoms with Crippen molar-refractivity contribution in [2.24, 2.45) is 11.8 Å². The predicted molar refractivity (Wildman–Crippen MR) is 112 cm³/mol. The van der Waals surface area contributed by atoms with Crippen molar-refractivity contribution in [3.8, 4) is 0 Å². The van der Waals surface area contributed by atoms with Crippen molar-refractivity contribution < 1.29 is 14.3 Å². The normalized spacial score (nSPS) is 26.1. The number of nitrogens with zero attached hydrogens (tertiary/aromatic N) is 2. The Hall–Kier alpha value is -3.06. The van der Waals surface area contributed by atoms with Crippen LogP contribution in [0.4, 0.5) is 10.5 Å². The average molecular weight is 404 g/mol. The number of aromatic amines is 1. The number of cyclic esters (lactones) is 1. The Balaban J connectivity index is 1.21. The van der Waals surface area contributed by atoms with Crippen LogP contribution in [0.2, 0.25) is 0 Å². The zero-order chi connectivity index (χ0) is 20.2. The molecule has 0 radical (unpaired) electrons. The fraction of sp³-hybridized carbons (Fsp3) is 0.391. The smallest absolute Gasteiger partial charge is 0.410 e. The third kappa shape index (κ3) is 3.19. The van der Waals surface area contributed by atoms with E-state index in [4.69, 9.17) is 4.74 Å². The maximum absolute atomic E-state index is 12.6. The van der Waals surface area contributed by atoms with Gasteiger partial charge in [0.2, 0.25) is 0 Å². The number of hydrogen-bond donors (Lipinski definition) is 2. The summed E-state index contributed by atoms with van der Waals surface area (Å²) in [6.45, 7) is 4.88. The van der Waals surface area contributed by atoms with Crippen molar-refractivity contribution in [1.82, 2.24) is 14.8 Å². The maximum Gasteiger partial charge on any atom is 0.410 e. The average Bonchev–Trinajstić information content (AvgIpc) is 3.13. The fourth-order valence-electron chi connectivity index (χ4n) is 4.93. The third-order valence-electron chi connectivity index (χ3n) is 6.61. The van der Waals surface area contributed by atoms with Crippen LogP contribution in [0.3, 0.4) is 0 Å². The van der Waals surface area contributed by atoms with Crippen molar-refractivity contribution in [2.75, 3.05) is 31.6 Å². The van der Waals surface area contributed by atoms with E-state index in [0.29, 0.717) is 25.3 Å². The van der Waals surface area contributed by atoms with Crippen LogP contribution in [0.15, 0.2) is 30.5 Å². The van der Waals surface area contributed by atoms with Gasteiger partial charge in [-0.1, -0.05) is 6.07 Å². The van der Waals surface area contributed by atoms with Crippen LogP contribution in [0.25, 0.3) is 11.6 Å². The Kier molecular flexibility index (Phi) is 3.99. The number of carbonyl (C=O) groups excluding carboxylic acids is 2. The van der Waals surface area contributed by atoms with E-state index in [2.05, 4.69) is 21.3 Å². The Morgan fingerprint density at radius 3 is 2.80 bits per heavy atom. The number of carbonyl (C=O) groups is 2. The van der Waals surface area contributed by atoms with Gasteiger partial charge in [0.25, 0.3) is 5.91 Å². The van der Waals surface area contributed by atoms with Crippen molar-refractivity contribution in [1.29, 1.82) is 0 Å². The van der Waals surface area contributed by atoms with Gasteiger partial charge in [0.05, 0.1) is 6.54 Å². The summed E-state index contributed by atoms with van der Waals surface area (Å²) >= 11 is 0. The summed E-state index contributed by atoms with van der Waals surface area (Å²) in [6, 6.07) is 7.98. The summed E-state index contributed by atoms with van der Waals surface area (Å²) < 4.78 is 5.01. The monoisotopic (exact) mass is 404 g/mol. The van der Waals surface area contributed by atoms with Gasteiger partial charge in [0, 0.05) is 54.9 Å². The minimum Gasteiger partial charge on any atom is -0.448 e. The molecule has 0 spiro atoms. The lowest BCUT2D eigenvalue weighted by Gasteiger charge is -2.15. The first-order valence-electron chi connectivity index (χ1n) is 10.6. The van der Waals surface area contributed by atoms with Crippen molar-refractivity contribution in [2.45, 2.75) is 19.5 Å². The lowest BCUT2D eigenvalue weighted by Crippen LogP contribution is -2.23. The van der Waals surface area contributed by atoms with Crippen molar-refractivity contribution >= 4 is 29.3 Å². The standard InChI is InChI=1S/C23H24N4O3/c28-22-20(7-15-5-18(24-9-15)13-26-11-16-8-17(16)12-26)19-6-14(1-2-21(19)25-22)10-27-3-4-30-23(27)29/h1-2,5-7,9,16-17,24H,3-4,8,10-13H2,(H,25,28)/t16-,17+. The number of benzene rings is 1. The molecule has 3 fully saturated rings. The molecule has 0 bridgehead atoms. The van der Waals surface area contributed by atoms with E-state index in [-0.39, 0.29) is 12.0 Å². The number of piperidine rings is 1. The summed E-state index contributed by atoms with van der Waals surface area (Å²) in [4.78, 5) is 31.9. The molecule has 2 saturated heterocycles. The molecule has 3 aliphatic heterocycles. The molecule has 0 unspecified atom stereocenters. The van der Waals surface area contributed by atoms with Crippen LogP contribution in [0, 0.1) is 11.8 Å². The highest BCUT2D eigenvalue weighted by atomic mass is 16.6. The number of hydrogen-bond acceptors (Lipinski definition) is 4. The van der Waals surface area contributed by atoms with E-state index in [9.17, 15) is 9.59 Å². The topological polar surface area (TPSA) is 77.7 Å². The molecule has 1 aromatic heterocycles. The molecule has 2 N–H and O–H groups in total. The summed E-state index contributed by atoms with van der Waals surface area (Å²) in [6.07, 6.45) is 5.04. The van der Waals surface area contributed by atoms with E-state index in [1.54, 1.807) is 4.90 Å². The van der Waals surface area contributed by atoms with Gasteiger partial charge >= 0.3 is 6.09 Å². The van der Waals surface area contributed by atoms with Crippen LogP contribution in [0.5, 0.6) is 0 Å². The number of nitrogens with one attached hydrogen (secondary N) is 2. The van der Waals surface area contributed by atoms with Gasteiger partial charge in [-0.15, -0.1) is 0 Å². The van der Waals surface area contributed by atoms with Gasteiger partial charge < -0.3 is 19.9 Å². The van der Waals surface area contributed by atoms with E-state index < -0.39 is 0 Å². The highest BCUT2D eigenvalue weighted by molar-refractivity contribution is 6.34. The quantitative estimate of drug-likeness (QED) is 0.752. The molecule has 2 aromatic rings. The molecular weight excluding hydrogens is 380 g/mol. The van der Waals surface area contributed by atoms with Gasteiger partial charge in [0.1, 0.15) is 6.61 Å². The molecule has 2 atom stereocenters. The lowest BCUT2D eigenvalue weighted by molar-refractivity contribution is -0.110. The number of fused-ring (bicyclic) bond motifs is 2. The molecule has 4 aliphatic rings. The Labute approximate surface area is 174 Å². The second-order valence-corrected chi connectivity index (χ2v) is 8.84. The maximum atomic E-state index is 12.6. The molecule has 6 rings (SSSR count). The largest absolute Gasteiger partial charge is 0.448 e. The van der Waals surface area contributed by atoms with E-state index in [1.807, 2.05) is 30.5 Å². The molecule has 1 aromatic carbocycles. The van der Waals surface area contributed by atoms with Crippen molar-refractivity contribution in [3.05, 3.63) is 52.8 Å². The molecule has 1 saturated carbocycles. The summed E-state index contributed by atoms with van der Waals surface area (Å²) in [5, 5.41) is 2.94. The number of amides is 2. The van der Waals surface area contributed by atoms with Gasteiger partial charge in [-0.05, 0) is 53.7 Å². The molecule has 1 aliphatic carbocycles. The highest BCUT2D eigenvalue weighted by Gasteiger charge is 2.44. The number of anilines is 1. The number of ether oxygens (including phenoxy) is 1. The van der Waals surface area contributed by atoms with Crippen molar-refractivity contribution in [3.63, 3.8) is 0 Å². The minimum atomic E-state index is -0.282. The van der Waals surface area contributed by atoms with Crippen LogP contribution in [0.1, 0.15) is 28.8 Å². The second-order valence-electron chi connectivity index (χ2n) is 8.84. The summed E-state index contributed by atoms with van der Waals surface area (Å²) in [7, 11) is 0. The molecule has 4 heterocycles. The van der Waals surface area contributed by atoms with Crippen LogP contribution in [-0.2, 0) is 22.6 Å². The molecule has 30 heavy (non-hydrogen) atoms. The zero-order valence-corrected chi connectivity index (χ0v) is 16.7. The molecule has 7 nitrogen and oxygen atoms in total. The van der Waals surface area contributed by atoms with Gasteiger partial charge in [-0.3, -0.25) is 9.69 Å². The van der Waals surface area contributed by atoms with Gasteiger partial charge in [-0.2, -0.15) is 0 Å². The molecular formula is C23H24N4O3. The Morgan fingerprint density at radius 2 is 2.00 bits per heavy atom. The number of aromatic nitrogens is 1. The SMILES string of the molecule is O=C1Nc2ccc(CN3CCOC3=O)cc2C1=Cc1c[nH]c(CN2C[C@H]3C[C@H]3C2)c1. The summed E-state index contributed by atoms with van der Waals surface area (Å²) in [5.41, 5.74) is 5.52. The Bertz CT molecular complexity index is 1060. The Morgan fingerprint density at radius 1 is 1.13 bits per heavy atom. The number of likely N-dealkylation sites (tertiary alicyclic amines) is 1. The minimum absolute atomic E-state index is 0.0925. The number of rotatable bonds is 5. The number of H-pyrrole nitrogens is 1. The first kappa shape index (κ1) is 17.8. The van der Waals surface area contributed by atoms with Crippen LogP contribution >= 0.6 is 0 Å². The highest BCUT2D eigenvalue weighted by Crippen LogP contribution is 2.45. The predicted octanol–water partition coefficient (Wildman–Crippen LogP) is 2.91. The first-order valence-corrected chi connectivity index (χ1v) is 10.6. The van der Waals surface area contributed by atoms with Crippen LogP contribution in [-0.4, -0.2) is 53.0 Å². The molecule has 154 valence electrons. The molecule has 7 heteroatoms. The third-order valence-corrected chi connectivity index (χ3v) is 6.61. The second kappa shape index (κ2) is 6.74. The lowest BCUT2D eigenvalue weighted by atomic mass is 10.0. The van der Waals surface area contributed by atoms with E-state index >= 15 is 0 Å². The van der Waals surface area contributed by atoms with Gasteiger partial charge in [0.15, 0.2) is 0 Å². The molecule has 2 amide bonds.